The van der Waals surface area contributed by atoms with Crippen LogP contribution in [0.25, 0.3) is 0 Å². The Morgan fingerprint density at radius 3 is 1.94 bits per heavy atom. The maximum atomic E-state index is 13.9. The normalized spacial score (nSPS) is 21.5. The van der Waals surface area contributed by atoms with Gasteiger partial charge in [-0.05, 0) is 101 Å². The average Bonchev–Trinajstić information content (AvgIpc) is 3.08. The molecule has 6 atom stereocenters. The molecular weight excluding hydrogens is 658 g/mol. The lowest BCUT2D eigenvalue weighted by molar-refractivity contribution is -0.144. The number of nitrogens with one attached hydrogen (secondary N) is 4. The van der Waals surface area contributed by atoms with Crippen molar-refractivity contribution in [3.05, 3.63) is 42.0 Å². The van der Waals surface area contributed by atoms with Crippen molar-refractivity contribution in [1.29, 1.82) is 0 Å². The molecule has 0 radical (unpaired) electrons. The van der Waals surface area contributed by atoms with Gasteiger partial charge in [-0.3, -0.25) is 28.8 Å². The van der Waals surface area contributed by atoms with E-state index >= 15 is 0 Å². The Kier molecular flexibility index (Phi) is 18.9. The summed E-state index contributed by atoms with van der Waals surface area (Å²) in [6.07, 6.45) is 5.90. The molecule has 0 saturated heterocycles. The highest BCUT2D eigenvalue weighted by Gasteiger charge is 2.33. The number of rotatable bonds is 18. The number of aromatic hydroxyl groups is 1. The monoisotopic (exact) mass is 715 g/mol. The van der Waals surface area contributed by atoms with Gasteiger partial charge in [0.1, 0.15) is 23.9 Å². The number of hydrogen-bond acceptors (Lipinski definition) is 10. The third-order valence-electron chi connectivity index (χ3n) is 8.69. The number of ketones is 1. The second-order valence-corrected chi connectivity index (χ2v) is 13.6. The fourth-order valence-electron chi connectivity index (χ4n) is 5.77. The summed E-state index contributed by atoms with van der Waals surface area (Å²) < 4.78 is 0. The summed E-state index contributed by atoms with van der Waals surface area (Å²) in [6, 6.07) is 0.658. The number of benzene rings is 1. The van der Waals surface area contributed by atoms with Crippen LogP contribution in [0.5, 0.6) is 5.75 Å². The molecule has 0 spiro atoms. The molecule has 1 aliphatic rings. The van der Waals surface area contributed by atoms with Gasteiger partial charge < -0.3 is 48.7 Å². The summed E-state index contributed by atoms with van der Waals surface area (Å²) in [7, 11) is 0. The molecule has 284 valence electrons. The molecular formula is C36H57N7O8. The van der Waals surface area contributed by atoms with Gasteiger partial charge in [0.2, 0.25) is 23.6 Å². The van der Waals surface area contributed by atoms with E-state index in [-0.39, 0.29) is 56.6 Å². The molecule has 12 N–H and O–H groups in total. The Labute approximate surface area is 299 Å². The van der Waals surface area contributed by atoms with E-state index in [2.05, 4.69) is 21.3 Å². The van der Waals surface area contributed by atoms with Gasteiger partial charge in [-0.2, -0.15) is 0 Å². The van der Waals surface area contributed by atoms with Crippen LogP contribution in [0.15, 0.2) is 36.4 Å². The van der Waals surface area contributed by atoms with E-state index in [1.807, 2.05) is 13.8 Å². The molecule has 15 nitrogen and oxygen atoms in total. The van der Waals surface area contributed by atoms with Gasteiger partial charge in [0, 0.05) is 6.42 Å². The number of unbranched alkanes of at least 4 members (excludes halogenated alkanes) is 2. The number of nitrogens with two attached hydrogens (primary N) is 3. The van der Waals surface area contributed by atoms with Gasteiger partial charge in [-0.15, -0.1) is 0 Å². The Balaban J connectivity index is 2.43. The molecule has 1 aliphatic heterocycles. The molecule has 51 heavy (non-hydrogen) atoms. The van der Waals surface area contributed by atoms with Crippen LogP contribution in [0.1, 0.15) is 83.6 Å². The first kappa shape index (κ1) is 42.8. The number of carbonyl (C=O) groups excluding carboxylic acids is 5. The van der Waals surface area contributed by atoms with Crippen LogP contribution in [-0.4, -0.2) is 88.9 Å². The zero-order valence-electron chi connectivity index (χ0n) is 29.8. The van der Waals surface area contributed by atoms with Crippen molar-refractivity contribution < 1.29 is 39.0 Å². The fourth-order valence-corrected chi connectivity index (χ4v) is 5.77. The van der Waals surface area contributed by atoms with Crippen molar-refractivity contribution in [3.8, 4) is 5.75 Å². The van der Waals surface area contributed by atoms with Crippen LogP contribution < -0.4 is 38.5 Å². The zero-order valence-corrected chi connectivity index (χ0v) is 29.8. The predicted octanol–water partition coefficient (Wildman–Crippen LogP) is 0.515. The lowest BCUT2D eigenvalue weighted by Gasteiger charge is -2.27. The number of carboxylic acid groups (broad SMARTS) is 1. The highest BCUT2D eigenvalue weighted by atomic mass is 16.4. The van der Waals surface area contributed by atoms with Crippen LogP contribution in [0.3, 0.4) is 0 Å². The first-order valence-corrected chi connectivity index (χ1v) is 17.8. The lowest BCUT2D eigenvalue weighted by atomic mass is 9.89. The van der Waals surface area contributed by atoms with E-state index in [9.17, 15) is 39.0 Å². The molecule has 0 saturated carbocycles. The van der Waals surface area contributed by atoms with Crippen LogP contribution in [0, 0.1) is 11.8 Å². The van der Waals surface area contributed by atoms with Crippen molar-refractivity contribution in [3.63, 3.8) is 0 Å². The molecule has 0 bridgehead atoms. The minimum atomic E-state index is -1.21. The minimum Gasteiger partial charge on any atom is -0.508 e. The van der Waals surface area contributed by atoms with Crippen molar-refractivity contribution in [2.75, 3.05) is 13.1 Å². The van der Waals surface area contributed by atoms with Crippen molar-refractivity contribution in [2.45, 2.75) is 115 Å². The Morgan fingerprint density at radius 1 is 0.843 bits per heavy atom. The van der Waals surface area contributed by atoms with Gasteiger partial charge in [0.25, 0.3) is 0 Å². The third-order valence-corrected chi connectivity index (χ3v) is 8.69. The molecule has 4 amide bonds. The van der Waals surface area contributed by atoms with E-state index in [1.54, 1.807) is 24.3 Å². The van der Waals surface area contributed by atoms with Gasteiger partial charge >= 0.3 is 5.97 Å². The zero-order chi connectivity index (χ0) is 37.9. The molecule has 0 unspecified atom stereocenters. The first-order chi connectivity index (χ1) is 24.2. The summed E-state index contributed by atoms with van der Waals surface area (Å²) in [5.74, 6) is -5.04. The van der Waals surface area contributed by atoms with E-state index in [4.69, 9.17) is 17.2 Å². The molecule has 1 aromatic carbocycles. The van der Waals surface area contributed by atoms with E-state index < -0.39 is 71.5 Å². The molecule has 1 heterocycles. The molecule has 2 rings (SSSR count). The number of carboxylic acids is 1. The van der Waals surface area contributed by atoms with Crippen molar-refractivity contribution in [1.82, 2.24) is 21.3 Å². The fraction of sp³-hybridized carbons (Fsp3) is 0.611. The van der Waals surface area contributed by atoms with Crippen LogP contribution in [0.4, 0.5) is 0 Å². The van der Waals surface area contributed by atoms with Gasteiger partial charge in [-0.1, -0.05) is 38.1 Å². The van der Waals surface area contributed by atoms with Crippen LogP contribution in [0.2, 0.25) is 0 Å². The second-order valence-electron chi connectivity index (χ2n) is 13.6. The second kappa shape index (κ2) is 22.5. The number of hydrogen-bond donors (Lipinski definition) is 9. The Hall–Kier alpha value is -4.34. The summed E-state index contributed by atoms with van der Waals surface area (Å²) in [5.41, 5.74) is 18.0. The van der Waals surface area contributed by atoms with E-state index in [0.29, 0.717) is 44.3 Å². The summed E-state index contributed by atoms with van der Waals surface area (Å²) in [4.78, 5) is 79.7. The first-order valence-electron chi connectivity index (χ1n) is 17.8. The maximum Gasteiger partial charge on any atom is 0.306 e. The van der Waals surface area contributed by atoms with E-state index in [0.717, 1.165) is 0 Å². The van der Waals surface area contributed by atoms with Crippen LogP contribution in [-0.2, 0) is 35.2 Å². The minimum absolute atomic E-state index is 0.00264. The van der Waals surface area contributed by atoms with Gasteiger partial charge in [0.15, 0.2) is 5.78 Å². The standard InChI is InChI=1S/C36H57N7O8/c1-22(2)19-24(36(50)51)21-31(45)30(20-23-13-15-25(44)16-14-23)43-35(49)28-10-4-3-9-26(39)32(46)40-27(11-5-7-17-37)33(47)42-29(34(48)41-28)12-6-8-18-38/h3-4,13-16,22,24,26-30,44H,5-12,17-21,37-39H2,1-2H3,(H,40,46)(H,41,48)(H,42,47)(H,43,49)(H,50,51)/t24-,26-,27+,28+,29+,30+/m1/s1. The van der Waals surface area contributed by atoms with Crippen molar-refractivity contribution >= 4 is 35.4 Å². The van der Waals surface area contributed by atoms with Crippen molar-refractivity contribution in [2.24, 2.45) is 29.0 Å². The van der Waals surface area contributed by atoms with E-state index in [1.165, 1.54) is 12.1 Å². The highest BCUT2D eigenvalue weighted by Crippen LogP contribution is 2.19. The third kappa shape index (κ3) is 15.6. The van der Waals surface area contributed by atoms with Gasteiger partial charge in [-0.25, -0.2) is 0 Å². The Bertz CT molecular complexity index is 1340. The number of phenolic OH excluding ortho intramolecular Hbond substituents is 1. The molecule has 0 aromatic heterocycles. The number of carbonyl (C=O) groups is 6. The number of phenols is 1. The molecule has 1 aromatic rings. The molecule has 0 aliphatic carbocycles. The summed E-state index contributed by atoms with van der Waals surface area (Å²) in [5, 5.41) is 30.5. The van der Waals surface area contributed by atoms with Crippen LogP contribution >= 0.6 is 0 Å². The van der Waals surface area contributed by atoms with Gasteiger partial charge in [0.05, 0.1) is 18.0 Å². The summed E-state index contributed by atoms with van der Waals surface area (Å²) in [6.45, 7) is 4.48. The number of Topliss-reactive ketones (excluding diaryl/α,β-unsaturated/α-hetero) is 1. The summed E-state index contributed by atoms with van der Waals surface area (Å²) >= 11 is 0. The molecule has 0 fully saturated rings. The lowest BCUT2D eigenvalue weighted by Crippen LogP contribution is -2.58. The smallest absolute Gasteiger partial charge is 0.306 e. The topological polar surface area (TPSA) is 269 Å². The quantitative estimate of drug-likeness (QED) is 0.0747. The highest BCUT2D eigenvalue weighted by molar-refractivity contribution is 5.96. The number of aliphatic carboxylic acids is 1. The largest absolute Gasteiger partial charge is 0.508 e. The SMILES string of the molecule is CC(C)C[C@H](CC(=O)[C@H](Cc1ccc(O)cc1)NC(=O)[C@@H]1CC=CC[C@@H](N)C(=O)N[C@@H](CCCCN)C(=O)N[C@@H](CCCCN)C(=O)N1)C(=O)O. The Morgan fingerprint density at radius 2 is 1.39 bits per heavy atom. The number of amides is 4. The predicted molar refractivity (Wildman–Crippen MR) is 192 cm³/mol. The average molecular weight is 716 g/mol. The maximum absolute atomic E-state index is 13.9. The molecule has 15 heteroatoms.